The number of carbonyl (C=O) groups is 1. The van der Waals surface area contributed by atoms with E-state index in [4.69, 9.17) is 10.5 Å². The van der Waals surface area contributed by atoms with E-state index in [-0.39, 0.29) is 0 Å². The van der Waals surface area contributed by atoms with Crippen LogP contribution in [-0.4, -0.2) is 29.3 Å². The number of aliphatic hydroxyl groups is 1. The van der Waals surface area contributed by atoms with Gasteiger partial charge in [-0.2, -0.15) is 0 Å². The average Bonchev–Trinajstić information content (AvgIpc) is 2.53. The molecule has 1 atom stereocenters. The van der Waals surface area contributed by atoms with E-state index in [2.05, 4.69) is 0 Å². The summed E-state index contributed by atoms with van der Waals surface area (Å²) >= 11 is 0. The molecule has 0 fully saturated rings. The molecule has 96 valence electrons. The van der Waals surface area contributed by atoms with Crippen molar-refractivity contribution in [3.63, 3.8) is 0 Å². The molecular weight excluding hydrogens is 220 g/mol. The predicted octanol–water partition coefficient (Wildman–Crippen LogP) is 0.811. The number of hydrogen-bond acceptors (Lipinski definition) is 4. The van der Waals surface area contributed by atoms with Crippen molar-refractivity contribution in [3.05, 3.63) is 22.5 Å². The van der Waals surface area contributed by atoms with Gasteiger partial charge in [0, 0.05) is 24.0 Å². The van der Waals surface area contributed by atoms with Crippen LogP contribution in [0.25, 0.3) is 0 Å². The zero-order chi connectivity index (χ0) is 13.2. The molecular formula is C12H20N2O3. The highest BCUT2D eigenvalue weighted by molar-refractivity contribution is 5.93. The van der Waals surface area contributed by atoms with Crippen LogP contribution in [0, 0.1) is 13.8 Å². The lowest BCUT2D eigenvalue weighted by Gasteiger charge is -2.11. The van der Waals surface area contributed by atoms with Gasteiger partial charge in [-0.05, 0) is 26.8 Å². The second-order valence-corrected chi connectivity index (χ2v) is 4.10. The van der Waals surface area contributed by atoms with Crippen LogP contribution >= 0.6 is 0 Å². The molecule has 1 aromatic heterocycles. The highest BCUT2D eigenvalue weighted by Crippen LogP contribution is 2.29. The summed E-state index contributed by atoms with van der Waals surface area (Å²) in [5, 5.41) is 10.1. The van der Waals surface area contributed by atoms with E-state index < -0.39 is 12.1 Å². The van der Waals surface area contributed by atoms with Gasteiger partial charge in [0.05, 0.1) is 18.8 Å². The molecule has 0 aliphatic heterocycles. The van der Waals surface area contributed by atoms with Gasteiger partial charge in [-0.3, -0.25) is 0 Å². The van der Waals surface area contributed by atoms with E-state index in [0.29, 0.717) is 24.1 Å². The fourth-order valence-electron chi connectivity index (χ4n) is 2.05. The lowest BCUT2D eigenvalue weighted by Crippen LogP contribution is -2.12. The summed E-state index contributed by atoms with van der Waals surface area (Å²) in [6.45, 7) is 4.07. The molecule has 1 heterocycles. The minimum Gasteiger partial charge on any atom is -0.465 e. The van der Waals surface area contributed by atoms with Crippen LogP contribution in [-0.2, 0) is 11.8 Å². The summed E-state index contributed by atoms with van der Waals surface area (Å²) in [6.07, 6.45) is -0.303. The first kappa shape index (κ1) is 13.7. The third kappa shape index (κ3) is 2.35. The second kappa shape index (κ2) is 5.33. The van der Waals surface area contributed by atoms with E-state index in [9.17, 15) is 9.90 Å². The number of nitrogens with two attached hydrogens (primary N) is 1. The molecule has 0 aliphatic carbocycles. The number of methoxy groups -OCH3 is 1. The Balaban J connectivity index is 3.36. The molecule has 0 spiro atoms. The number of aliphatic hydroxyl groups excluding tert-OH is 1. The number of nitrogens with zero attached hydrogens (tertiary/aromatic N) is 1. The van der Waals surface area contributed by atoms with Crippen molar-refractivity contribution in [2.24, 2.45) is 12.8 Å². The summed E-state index contributed by atoms with van der Waals surface area (Å²) in [6, 6.07) is 0. The molecule has 5 heteroatoms. The van der Waals surface area contributed by atoms with Crippen LogP contribution in [0.2, 0.25) is 0 Å². The van der Waals surface area contributed by atoms with Crippen LogP contribution in [0.4, 0.5) is 0 Å². The zero-order valence-corrected chi connectivity index (χ0v) is 10.8. The molecule has 0 saturated carbocycles. The van der Waals surface area contributed by atoms with E-state index in [1.807, 2.05) is 25.5 Å². The lowest BCUT2D eigenvalue weighted by atomic mass is 10.0. The van der Waals surface area contributed by atoms with Gasteiger partial charge >= 0.3 is 5.97 Å². The van der Waals surface area contributed by atoms with Gasteiger partial charge in [0.1, 0.15) is 0 Å². The third-order valence-electron chi connectivity index (χ3n) is 3.19. The van der Waals surface area contributed by atoms with Crippen molar-refractivity contribution >= 4 is 5.97 Å². The van der Waals surface area contributed by atoms with Gasteiger partial charge in [0.15, 0.2) is 0 Å². The third-order valence-corrected chi connectivity index (χ3v) is 3.19. The van der Waals surface area contributed by atoms with Crippen LogP contribution in [0.1, 0.15) is 39.8 Å². The van der Waals surface area contributed by atoms with Crippen molar-refractivity contribution in [2.45, 2.75) is 26.4 Å². The molecule has 17 heavy (non-hydrogen) atoms. The molecule has 0 aliphatic rings. The van der Waals surface area contributed by atoms with Crippen LogP contribution in [0.5, 0.6) is 0 Å². The molecule has 1 rings (SSSR count). The number of rotatable bonds is 4. The highest BCUT2D eigenvalue weighted by Gasteiger charge is 2.26. The monoisotopic (exact) mass is 240 g/mol. The summed E-state index contributed by atoms with van der Waals surface area (Å²) in [5.74, 6) is -0.419. The maximum Gasteiger partial charge on any atom is 0.340 e. The number of hydrogen-bond donors (Lipinski definition) is 2. The Morgan fingerprint density at radius 3 is 2.53 bits per heavy atom. The standard InChI is InChI=1S/C12H20N2O3/c1-7-10(9(15)5-6-13)11(12(16)17-4)8(2)14(7)3/h9,15H,5-6,13H2,1-4H3/t9-/m0/s1. The smallest absolute Gasteiger partial charge is 0.340 e. The SMILES string of the molecule is COC(=O)c1c([C@@H](O)CCN)c(C)n(C)c1C. The number of aromatic nitrogens is 1. The predicted molar refractivity (Wildman–Crippen MR) is 64.9 cm³/mol. The van der Waals surface area contributed by atoms with Crippen molar-refractivity contribution in [3.8, 4) is 0 Å². The highest BCUT2D eigenvalue weighted by atomic mass is 16.5. The van der Waals surface area contributed by atoms with Gasteiger partial charge in [-0.1, -0.05) is 0 Å². The summed E-state index contributed by atoms with van der Waals surface area (Å²) in [4.78, 5) is 11.8. The van der Waals surface area contributed by atoms with Crippen LogP contribution in [0.3, 0.4) is 0 Å². The maximum atomic E-state index is 11.8. The fraction of sp³-hybridized carbons (Fsp3) is 0.583. The molecule has 0 amide bonds. The van der Waals surface area contributed by atoms with Crippen molar-refractivity contribution in [1.82, 2.24) is 4.57 Å². The van der Waals surface area contributed by atoms with Crippen molar-refractivity contribution < 1.29 is 14.6 Å². The van der Waals surface area contributed by atoms with E-state index >= 15 is 0 Å². The minimum atomic E-state index is -0.728. The average molecular weight is 240 g/mol. The van der Waals surface area contributed by atoms with Crippen molar-refractivity contribution in [1.29, 1.82) is 0 Å². The Kier molecular flexibility index (Phi) is 4.31. The van der Waals surface area contributed by atoms with Gasteiger partial charge in [-0.15, -0.1) is 0 Å². The number of carbonyl (C=O) groups excluding carboxylic acids is 1. The summed E-state index contributed by atoms with van der Waals surface area (Å²) in [5.41, 5.74) is 8.17. The molecule has 0 radical (unpaired) electrons. The first-order valence-electron chi connectivity index (χ1n) is 5.57. The summed E-state index contributed by atoms with van der Waals surface area (Å²) in [7, 11) is 3.19. The van der Waals surface area contributed by atoms with E-state index in [1.54, 1.807) is 0 Å². The van der Waals surface area contributed by atoms with Gasteiger partial charge in [-0.25, -0.2) is 4.79 Å². The second-order valence-electron chi connectivity index (χ2n) is 4.10. The van der Waals surface area contributed by atoms with E-state index in [1.165, 1.54) is 7.11 Å². The lowest BCUT2D eigenvalue weighted by molar-refractivity contribution is 0.0592. The first-order chi connectivity index (χ1) is 7.95. The maximum absolute atomic E-state index is 11.8. The number of ether oxygens (including phenoxy) is 1. The quantitative estimate of drug-likeness (QED) is 0.763. The topological polar surface area (TPSA) is 77.5 Å². The van der Waals surface area contributed by atoms with Crippen LogP contribution < -0.4 is 5.73 Å². The van der Waals surface area contributed by atoms with Gasteiger partial charge in [0.2, 0.25) is 0 Å². The Bertz CT molecular complexity index is 424. The molecule has 5 nitrogen and oxygen atoms in total. The van der Waals surface area contributed by atoms with Gasteiger partial charge in [0.25, 0.3) is 0 Å². The summed E-state index contributed by atoms with van der Waals surface area (Å²) < 4.78 is 6.64. The Labute approximate surface area is 101 Å². The van der Waals surface area contributed by atoms with Crippen LogP contribution in [0.15, 0.2) is 0 Å². The Hall–Kier alpha value is -1.33. The molecule has 3 N–H and O–H groups in total. The molecule has 0 saturated heterocycles. The normalized spacial score (nSPS) is 12.6. The van der Waals surface area contributed by atoms with E-state index in [0.717, 1.165) is 11.4 Å². The first-order valence-corrected chi connectivity index (χ1v) is 5.57. The fourth-order valence-corrected chi connectivity index (χ4v) is 2.05. The molecule has 1 aromatic rings. The minimum absolute atomic E-state index is 0.370. The molecule has 0 aromatic carbocycles. The molecule has 0 unspecified atom stereocenters. The zero-order valence-electron chi connectivity index (χ0n) is 10.8. The van der Waals surface area contributed by atoms with Gasteiger partial charge < -0.3 is 20.1 Å². The number of esters is 1. The largest absolute Gasteiger partial charge is 0.465 e. The Morgan fingerprint density at radius 2 is 2.06 bits per heavy atom. The Morgan fingerprint density at radius 1 is 1.47 bits per heavy atom. The molecule has 0 bridgehead atoms. The van der Waals surface area contributed by atoms with Crippen molar-refractivity contribution in [2.75, 3.05) is 13.7 Å².